The number of amides is 2. The zero-order valence-corrected chi connectivity index (χ0v) is 17.5. The lowest BCUT2D eigenvalue weighted by molar-refractivity contribution is -0.136. The first-order valence-electron chi connectivity index (χ1n) is 10.1. The van der Waals surface area contributed by atoms with Crippen molar-refractivity contribution in [1.29, 1.82) is 0 Å². The summed E-state index contributed by atoms with van der Waals surface area (Å²) in [6.07, 6.45) is 2.64. The molecule has 2 aromatic heterocycles. The second-order valence-corrected chi connectivity index (χ2v) is 8.26. The molecule has 0 atom stereocenters. The maximum absolute atomic E-state index is 13.7. The van der Waals surface area contributed by atoms with Crippen molar-refractivity contribution in [3.63, 3.8) is 0 Å². The molecule has 11 heteroatoms. The smallest absolute Gasteiger partial charge is 0.420 e. The first-order valence-corrected chi connectivity index (χ1v) is 10.5. The van der Waals surface area contributed by atoms with E-state index in [-0.39, 0.29) is 23.0 Å². The number of allylic oxidation sites excluding steroid dienone is 4. The van der Waals surface area contributed by atoms with Gasteiger partial charge in [0.15, 0.2) is 11.3 Å². The lowest BCUT2D eigenvalue weighted by atomic mass is 9.99. The molecule has 2 amide bonds. The number of nitrogens with zero attached hydrogens (tertiary/aromatic N) is 4. The summed E-state index contributed by atoms with van der Waals surface area (Å²) in [5, 5.41) is -0.161. The van der Waals surface area contributed by atoms with Crippen LogP contribution in [0.25, 0.3) is 11.2 Å². The molecule has 0 aromatic carbocycles. The number of halogens is 4. The van der Waals surface area contributed by atoms with Gasteiger partial charge in [-0.2, -0.15) is 13.2 Å². The Morgan fingerprint density at radius 1 is 1.22 bits per heavy atom. The second kappa shape index (κ2) is 7.54. The van der Waals surface area contributed by atoms with Crippen LogP contribution in [-0.2, 0) is 10.9 Å². The van der Waals surface area contributed by atoms with E-state index in [1.54, 1.807) is 23.1 Å². The maximum atomic E-state index is 13.7. The molecule has 5 rings (SSSR count). The third-order valence-corrected chi connectivity index (χ3v) is 6.40. The van der Waals surface area contributed by atoms with E-state index >= 15 is 0 Å². The molecule has 0 saturated carbocycles. The van der Waals surface area contributed by atoms with E-state index in [2.05, 4.69) is 4.98 Å². The molecule has 32 heavy (non-hydrogen) atoms. The highest BCUT2D eigenvalue weighted by Gasteiger charge is 2.38. The number of carbonyl (C=O) groups excluding carboxylic acids is 2. The third kappa shape index (κ3) is 3.42. The first-order chi connectivity index (χ1) is 15.2. The van der Waals surface area contributed by atoms with Gasteiger partial charge >= 0.3 is 12.3 Å². The van der Waals surface area contributed by atoms with Gasteiger partial charge in [0.05, 0.1) is 12.1 Å². The Bertz CT molecular complexity index is 1180. The van der Waals surface area contributed by atoms with Gasteiger partial charge in [-0.3, -0.25) is 9.20 Å². The number of piperidine rings is 1. The summed E-state index contributed by atoms with van der Waals surface area (Å²) in [6.45, 7) is 1.55. The zero-order valence-electron chi connectivity index (χ0n) is 16.7. The summed E-state index contributed by atoms with van der Waals surface area (Å²) >= 11 is 6.36. The van der Waals surface area contributed by atoms with Crippen molar-refractivity contribution in [3.05, 3.63) is 52.5 Å². The van der Waals surface area contributed by atoms with Crippen LogP contribution in [0.4, 0.5) is 18.0 Å². The Labute approximate surface area is 185 Å². The number of cyclic esters (lactones) is 1. The van der Waals surface area contributed by atoms with E-state index in [0.29, 0.717) is 50.2 Å². The number of carbonyl (C=O) groups is 2. The molecule has 2 aliphatic heterocycles. The first kappa shape index (κ1) is 20.9. The van der Waals surface area contributed by atoms with Crippen LogP contribution < -0.4 is 0 Å². The summed E-state index contributed by atoms with van der Waals surface area (Å²) in [5.74, 6) is -0.529. The van der Waals surface area contributed by atoms with Crippen molar-refractivity contribution in [3.8, 4) is 0 Å². The number of pyridine rings is 1. The molecule has 3 aliphatic rings. The van der Waals surface area contributed by atoms with Gasteiger partial charge < -0.3 is 14.5 Å². The van der Waals surface area contributed by atoms with Gasteiger partial charge in [-0.05, 0) is 30.0 Å². The molecule has 0 N–H and O–H groups in total. The highest BCUT2D eigenvalue weighted by atomic mass is 35.5. The normalized spacial score (nSPS) is 19.4. The Morgan fingerprint density at radius 2 is 1.94 bits per heavy atom. The quantitative estimate of drug-likeness (QED) is 0.685. The van der Waals surface area contributed by atoms with Crippen molar-refractivity contribution in [2.24, 2.45) is 0 Å². The largest absolute Gasteiger partial charge is 0.448 e. The fourth-order valence-corrected chi connectivity index (χ4v) is 4.52. The molecule has 0 unspecified atom stereocenters. The number of hydrogen-bond donors (Lipinski definition) is 0. The van der Waals surface area contributed by atoms with Gasteiger partial charge in [0, 0.05) is 25.3 Å². The SMILES string of the molecule is O=C(c1nc2c(C(F)(F)F)cc(C3=CC=C3)cn2c1Cl)N1CCC(N2CCOC2=O)CC1. The van der Waals surface area contributed by atoms with E-state index in [9.17, 15) is 22.8 Å². The number of likely N-dealkylation sites (tertiary alicyclic amines) is 1. The van der Waals surface area contributed by atoms with Crippen LogP contribution in [0.5, 0.6) is 0 Å². The molecule has 168 valence electrons. The van der Waals surface area contributed by atoms with Crippen LogP contribution in [-0.4, -0.2) is 63.5 Å². The van der Waals surface area contributed by atoms with E-state index in [1.165, 1.54) is 11.1 Å². The van der Waals surface area contributed by atoms with Gasteiger partial charge in [0.1, 0.15) is 11.8 Å². The van der Waals surface area contributed by atoms with Crippen molar-refractivity contribution in [2.75, 3.05) is 26.2 Å². The van der Waals surface area contributed by atoms with E-state index in [1.807, 2.05) is 0 Å². The minimum atomic E-state index is -4.66. The number of ether oxygens (including phenoxy) is 1. The average molecular weight is 467 g/mol. The fraction of sp³-hybridized carbons (Fsp3) is 0.381. The van der Waals surface area contributed by atoms with E-state index in [4.69, 9.17) is 16.3 Å². The van der Waals surface area contributed by atoms with Crippen LogP contribution in [0.1, 0.15) is 34.5 Å². The lowest BCUT2D eigenvalue weighted by Gasteiger charge is -2.35. The lowest BCUT2D eigenvalue weighted by Crippen LogP contribution is -2.47. The molecule has 0 bridgehead atoms. The zero-order chi connectivity index (χ0) is 22.6. The van der Waals surface area contributed by atoms with Gasteiger partial charge in [-0.15, -0.1) is 0 Å². The summed E-state index contributed by atoms with van der Waals surface area (Å²) < 4.78 is 47.3. The average Bonchev–Trinajstić information content (AvgIpc) is 3.29. The summed E-state index contributed by atoms with van der Waals surface area (Å²) in [6, 6.07) is 0.983. The topological polar surface area (TPSA) is 67.2 Å². The summed E-state index contributed by atoms with van der Waals surface area (Å²) in [4.78, 5) is 32.0. The standard InChI is InChI=1S/C21H18ClF3N4O3/c22-17-16(19(30)27-6-4-14(5-7-27)28-8-9-32-20(28)31)26-18-15(21(23,24)25)10-13(11-29(17)18)12-2-1-3-12/h1-3,10-11,14H,4-9H2. The Kier molecular flexibility index (Phi) is 4.92. The van der Waals surface area contributed by atoms with Gasteiger partial charge in [-0.25, -0.2) is 9.78 Å². The molecule has 2 aromatic rings. The molecule has 2 fully saturated rings. The van der Waals surface area contributed by atoms with E-state index in [0.717, 1.165) is 10.5 Å². The number of aromatic nitrogens is 2. The van der Waals surface area contributed by atoms with Gasteiger partial charge in [-0.1, -0.05) is 29.8 Å². The molecule has 0 radical (unpaired) electrons. The number of rotatable bonds is 3. The second-order valence-electron chi connectivity index (χ2n) is 7.90. The Balaban J connectivity index is 1.43. The van der Waals surface area contributed by atoms with Crippen LogP contribution in [0, 0.1) is 0 Å². The molecular formula is C21H18ClF3N4O3. The van der Waals surface area contributed by atoms with Crippen LogP contribution in [0.3, 0.4) is 0 Å². The van der Waals surface area contributed by atoms with Gasteiger partial charge in [0.2, 0.25) is 0 Å². The molecule has 1 aliphatic carbocycles. The van der Waals surface area contributed by atoms with Crippen molar-refractivity contribution >= 4 is 34.8 Å². The maximum Gasteiger partial charge on any atom is 0.420 e. The third-order valence-electron chi connectivity index (χ3n) is 6.04. The molecule has 0 spiro atoms. The highest BCUT2D eigenvalue weighted by molar-refractivity contribution is 6.33. The van der Waals surface area contributed by atoms with Crippen molar-refractivity contribution in [2.45, 2.75) is 25.1 Å². The van der Waals surface area contributed by atoms with Crippen LogP contribution >= 0.6 is 11.6 Å². The number of hydrogen-bond acceptors (Lipinski definition) is 4. The number of alkyl halides is 3. The number of imidazole rings is 1. The monoisotopic (exact) mass is 466 g/mol. The molecule has 2 saturated heterocycles. The van der Waals surface area contributed by atoms with Crippen molar-refractivity contribution < 1.29 is 27.5 Å². The van der Waals surface area contributed by atoms with E-state index < -0.39 is 23.3 Å². The highest BCUT2D eigenvalue weighted by Crippen LogP contribution is 2.37. The van der Waals surface area contributed by atoms with Crippen LogP contribution in [0.2, 0.25) is 5.15 Å². The molecule has 4 heterocycles. The fourth-order valence-electron chi connectivity index (χ4n) is 4.27. The van der Waals surface area contributed by atoms with Crippen LogP contribution in [0.15, 0.2) is 30.5 Å². The minimum Gasteiger partial charge on any atom is -0.448 e. The predicted molar refractivity (Wildman–Crippen MR) is 109 cm³/mol. The molecular weight excluding hydrogens is 449 g/mol. The number of fused-ring (bicyclic) bond motifs is 1. The van der Waals surface area contributed by atoms with Crippen molar-refractivity contribution in [1.82, 2.24) is 19.2 Å². The Hall–Kier alpha value is -3.01. The Morgan fingerprint density at radius 3 is 2.50 bits per heavy atom. The summed E-state index contributed by atoms with van der Waals surface area (Å²) in [7, 11) is 0. The summed E-state index contributed by atoms with van der Waals surface area (Å²) in [5.41, 5.74) is -0.607. The predicted octanol–water partition coefficient (Wildman–Crippen LogP) is 4.02. The minimum absolute atomic E-state index is 0.0335. The van der Waals surface area contributed by atoms with Gasteiger partial charge in [0.25, 0.3) is 5.91 Å². The molecule has 7 nitrogen and oxygen atoms in total.